The maximum absolute atomic E-state index is 12.3. The lowest BCUT2D eigenvalue weighted by atomic mass is 10.0. The molecule has 1 heterocycles. The minimum absolute atomic E-state index is 0.150. The van der Waals surface area contributed by atoms with Gasteiger partial charge in [-0.15, -0.1) is 0 Å². The van der Waals surface area contributed by atoms with Gasteiger partial charge < -0.3 is 13.9 Å². The first-order chi connectivity index (χ1) is 8.65. The Morgan fingerprint density at radius 2 is 1.94 bits per heavy atom. The monoisotopic (exact) mass is 246 g/mol. The lowest BCUT2D eigenvalue weighted by Gasteiger charge is -2.08. The van der Waals surface area contributed by atoms with Gasteiger partial charge in [0, 0.05) is 0 Å². The summed E-state index contributed by atoms with van der Waals surface area (Å²) in [5, 5.41) is 0. The van der Waals surface area contributed by atoms with E-state index in [2.05, 4.69) is 0 Å². The minimum Gasteiger partial charge on any atom is -0.497 e. The van der Waals surface area contributed by atoms with Gasteiger partial charge in [0.15, 0.2) is 5.78 Å². The van der Waals surface area contributed by atoms with E-state index in [-0.39, 0.29) is 5.78 Å². The summed E-state index contributed by atoms with van der Waals surface area (Å²) in [5.74, 6) is 1.67. The van der Waals surface area contributed by atoms with Crippen molar-refractivity contribution < 1.29 is 18.7 Å². The van der Waals surface area contributed by atoms with Crippen LogP contribution in [0, 0.1) is 6.92 Å². The van der Waals surface area contributed by atoms with Crippen molar-refractivity contribution in [1.82, 2.24) is 0 Å². The predicted molar refractivity (Wildman–Crippen MR) is 66.4 cm³/mol. The normalized spacial score (nSPS) is 10.2. The molecule has 0 atom stereocenters. The molecule has 0 bridgehead atoms. The van der Waals surface area contributed by atoms with Crippen LogP contribution in [0.2, 0.25) is 0 Å². The summed E-state index contributed by atoms with van der Waals surface area (Å²) in [6.07, 6.45) is 1.44. The molecule has 4 nitrogen and oxygen atoms in total. The molecule has 0 radical (unpaired) electrons. The molecule has 2 aromatic rings. The molecule has 0 aliphatic carbocycles. The zero-order valence-electron chi connectivity index (χ0n) is 10.5. The fraction of sp³-hybridized carbons (Fsp3) is 0.214. The first-order valence-electron chi connectivity index (χ1n) is 5.47. The Morgan fingerprint density at radius 3 is 2.50 bits per heavy atom. The largest absolute Gasteiger partial charge is 0.497 e. The number of ether oxygens (including phenoxy) is 2. The zero-order chi connectivity index (χ0) is 13.1. The molecule has 2 rings (SSSR count). The van der Waals surface area contributed by atoms with Crippen LogP contribution in [-0.4, -0.2) is 20.0 Å². The molecular weight excluding hydrogens is 232 g/mol. The molecule has 1 aromatic heterocycles. The second-order valence-corrected chi connectivity index (χ2v) is 3.84. The quantitative estimate of drug-likeness (QED) is 0.778. The van der Waals surface area contributed by atoms with Gasteiger partial charge in [0.25, 0.3) is 0 Å². The molecular formula is C14H14O4. The molecule has 0 aliphatic heterocycles. The van der Waals surface area contributed by atoms with Gasteiger partial charge in [0.2, 0.25) is 0 Å². The van der Waals surface area contributed by atoms with Crippen LogP contribution in [0.15, 0.2) is 34.9 Å². The Balaban J connectivity index is 2.45. The standard InChI is InChI=1S/C14H14O4/c1-9-6-10(8-18-9)14(15)12-7-11(16-2)4-5-13(12)17-3/h4-8H,1-3H3. The third-order valence-corrected chi connectivity index (χ3v) is 2.64. The van der Waals surface area contributed by atoms with Crippen LogP contribution in [0.3, 0.4) is 0 Å². The fourth-order valence-corrected chi connectivity index (χ4v) is 1.71. The van der Waals surface area contributed by atoms with Gasteiger partial charge in [-0.05, 0) is 31.2 Å². The summed E-state index contributed by atoms with van der Waals surface area (Å²) >= 11 is 0. The number of hydrogen-bond donors (Lipinski definition) is 0. The van der Waals surface area contributed by atoms with Crippen molar-refractivity contribution in [1.29, 1.82) is 0 Å². The van der Waals surface area contributed by atoms with E-state index in [4.69, 9.17) is 13.9 Å². The van der Waals surface area contributed by atoms with Crippen molar-refractivity contribution in [3.05, 3.63) is 47.4 Å². The molecule has 0 saturated heterocycles. The van der Waals surface area contributed by atoms with E-state index in [0.29, 0.717) is 28.4 Å². The van der Waals surface area contributed by atoms with Crippen LogP contribution in [0.4, 0.5) is 0 Å². The molecule has 1 aromatic carbocycles. The minimum atomic E-state index is -0.150. The van der Waals surface area contributed by atoms with Crippen LogP contribution in [0.25, 0.3) is 0 Å². The number of benzene rings is 1. The van der Waals surface area contributed by atoms with Gasteiger partial charge in [-0.3, -0.25) is 4.79 Å². The average molecular weight is 246 g/mol. The summed E-state index contributed by atoms with van der Waals surface area (Å²) in [6, 6.07) is 6.81. The molecule has 0 unspecified atom stereocenters. The van der Waals surface area contributed by atoms with E-state index in [9.17, 15) is 4.79 Å². The zero-order valence-corrected chi connectivity index (χ0v) is 10.5. The number of carbonyl (C=O) groups is 1. The first kappa shape index (κ1) is 12.2. The first-order valence-corrected chi connectivity index (χ1v) is 5.47. The Morgan fingerprint density at radius 1 is 1.17 bits per heavy atom. The second kappa shape index (κ2) is 4.96. The third-order valence-electron chi connectivity index (χ3n) is 2.64. The smallest absolute Gasteiger partial charge is 0.200 e. The lowest BCUT2D eigenvalue weighted by Crippen LogP contribution is -2.03. The number of ketones is 1. The SMILES string of the molecule is COc1ccc(OC)c(C(=O)c2coc(C)c2)c1. The predicted octanol–water partition coefficient (Wildman–Crippen LogP) is 2.84. The molecule has 0 spiro atoms. The van der Waals surface area contributed by atoms with Crippen molar-refractivity contribution in [2.75, 3.05) is 14.2 Å². The highest BCUT2D eigenvalue weighted by Crippen LogP contribution is 2.26. The highest BCUT2D eigenvalue weighted by Gasteiger charge is 2.17. The van der Waals surface area contributed by atoms with E-state index >= 15 is 0 Å². The number of methoxy groups -OCH3 is 2. The van der Waals surface area contributed by atoms with Gasteiger partial charge in [0.1, 0.15) is 23.5 Å². The number of hydrogen-bond acceptors (Lipinski definition) is 4. The molecule has 0 N–H and O–H groups in total. The van der Waals surface area contributed by atoms with E-state index in [1.165, 1.54) is 13.4 Å². The number of furan rings is 1. The van der Waals surface area contributed by atoms with Crippen molar-refractivity contribution >= 4 is 5.78 Å². The van der Waals surface area contributed by atoms with Crippen molar-refractivity contribution in [3.63, 3.8) is 0 Å². The van der Waals surface area contributed by atoms with Gasteiger partial charge in [-0.1, -0.05) is 0 Å². The van der Waals surface area contributed by atoms with Crippen molar-refractivity contribution in [2.24, 2.45) is 0 Å². The topological polar surface area (TPSA) is 48.7 Å². The highest BCUT2D eigenvalue weighted by atomic mass is 16.5. The summed E-state index contributed by atoms with van der Waals surface area (Å²) in [5.41, 5.74) is 0.955. The van der Waals surface area contributed by atoms with Crippen LogP contribution in [0.1, 0.15) is 21.7 Å². The summed E-state index contributed by atoms with van der Waals surface area (Å²) in [7, 11) is 3.08. The average Bonchev–Trinajstić information content (AvgIpc) is 2.83. The van der Waals surface area contributed by atoms with Gasteiger partial charge in [0.05, 0.1) is 25.3 Å². The van der Waals surface area contributed by atoms with Crippen LogP contribution >= 0.6 is 0 Å². The number of aryl methyl sites for hydroxylation is 1. The van der Waals surface area contributed by atoms with Crippen molar-refractivity contribution in [2.45, 2.75) is 6.92 Å². The Bertz CT molecular complexity index is 569. The van der Waals surface area contributed by atoms with Crippen LogP contribution < -0.4 is 9.47 Å². The van der Waals surface area contributed by atoms with Gasteiger partial charge >= 0.3 is 0 Å². The highest BCUT2D eigenvalue weighted by molar-refractivity contribution is 6.10. The maximum Gasteiger partial charge on any atom is 0.200 e. The van der Waals surface area contributed by atoms with Crippen LogP contribution in [0.5, 0.6) is 11.5 Å². The molecule has 18 heavy (non-hydrogen) atoms. The Hall–Kier alpha value is -2.23. The molecule has 0 aliphatic rings. The van der Waals surface area contributed by atoms with Gasteiger partial charge in [-0.2, -0.15) is 0 Å². The molecule has 94 valence electrons. The molecule has 0 saturated carbocycles. The van der Waals surface area contributed by atoms with E-state index in [1.54, 1.807) is 38.3 Å². The van der Waals surface area contributed by atoms with E-state index < -0.39 is 0 Å². The van der Waals surface area contributed by atoms with Crippen molar-refractivity contribution in [3.8, 4) is 11.5 Å². The third kappa shape index (κ3) is 2.22. The summed E-state index contributed by atoms with van der Waals surface area (Å²) in [6.45, 7) is 1.79. The van der Waals surface area contributed by atoms with Gasteiger partial charge in [-0.25, -0.2) is 0 Å². The number of rotatable bonds is 4. The van der Waals surface area contributed by atoms with E-state index in [1.807, 2.05) is 0 Å². The molecule has 0 amide bonds. The fourth-order valence-electron chi connectivity index (χ4n) is 1.71. The number of carbonyl (C=O) groups excluding carboxylic acids is 1. The molecule has 4 heteroatoms. The Labute approximate surface area is 105 Å². The second-order valence-electron chi connectivity index (χ2n) is 3.84. The lowest BCUT2D eigenvalue weighted by molar-refractivity contribution is 0.103. The van der Waals surface area contributed by atoms with E-state index in [0.717, 1.165) is 0 Å². The Kier molecular flexibility index (Phi) is 3.37. The van der Waals surface area contributed by atoms with Crippen LogP contribution in [-0.2, 0) is 0 Å². The molecule has 0 fully saturated rings. The summed E-state index contributed by atoms with van der Waals surface area (Å²) < 4.78 is 15.4. The summed E-state index contributed by atoms with van der Waals surface area (Å²) in [4.78, 5) is 12.3. The maximum atomic E-state index is 12.3.